The van der Waals surface area contributed by atoms with E-state index in [9.17, 15) is 4.79 Å². The Kier molecular flexibility index (Phi) is 4.81. The number of carbonyl (C=O) groups is 1. The lowest BCUT2D eigenvalue weighted by molar-refractivity contribution is 0.0657. The Hall–Kier alpha value is -1.36. The van der Waals surface area contributed by atoms with Crippen molar-refractivity contribution in [2.75, 3.05) is 19.6 Å². The van der Waals surface area contributed by atoms with Gasteiger partial charge in [0.25, 0.3) is 5.91 Å². The summed E-state index contributed by atoms with van der Waals surface area (Å²) in [6.07, 6.45) is 4.14. The largest absolute Gasteiger partial charge is 0.336 e. The van der Waals surface area contributed by atoms with E-state index in [1.807, 2.05) is 25.1 Å². The van der Waals surface area contributed by atoms with Crippen LogP contribution in [0.1, 0.15) is 42.7 Å². The van der Waals surface area contributed by atoms with Crippen LogP contribution in [0.5, 0.6) is 0 Å². The molecule has 0 spiro atoms. The van der Waals surface area contributed by atoms with Crippen molar-refractivity contribution in [2.45, 2.75) is 39.7 Å². The standard InChI is InChI=1S/C15H26N4O/c1-11(2)19(9-13-5-7-16-8-6-13)15(20)14-10-18(4)17-12(14)3/h10-11,13,16H,5-9H2,1-4H3. The molecule has 1 aromatic heterocycles. The lowest BCUT2D eigenvalue weighted by Crippen LogP contribution is -2.43. The summed E-state index contributed by atoms with van der Waals surface area (Å²) in [5.41, 5.74) is 1.54. The van der Waals surface area contributed by atoms with E-state index < -0.39 is 0 Å². The molecule has 1 aromatic rings. The SMILES string of the molecule is Cc1nn(C)cc1C(=O)N(CC1CCNCC1)C(C)C. The molecule has 0 aromatic carbocycles. The summed E-state index contributed by atoms with van der Waals surface area (Å²) in [6, 6.07) is 0.219. The molecule has 2 heterocycles. The van der Waals surface area contributed by atoms with Crippen LogP contribution in [0.3, 0.4) is 0 Å². The van der Waals surface area contributed by atoms with Gasteiger partial charge >= 0.3 is 0 Å². The van der Waals surface area contributed by atoms with Crippen LogP contribution in [0.25, 0.3) is 0 Å². The van der Waals surface area contributed by atoms with E-state index in [4.69, 9.17) is 0 Å². The lowest BCUT2D eigenvalue weighted by atomic mass is 9.96. The van der Waals surface area contributed by atoms with Crippen LogP contribution in [0.2, 0.25) is 0 Å². The van der Waals surface area contributed by atoms with Gasteiger partial charge in [0.1, 0.15) is 0 Å². The second-order valence-electron chi connectivity index (χ2n) is 6.05. The molecule has 1 aliphatic rings. The second-order valence-corrected chi connectivity index (χ2v) is 6.05. The molecule has 1 amide bonds. The summed E-state index contributed by atoms with van der Waals surface area (Å²) < 4.78 is 1.71. The molecule has 0 saturated carbocycles. The predicted octanol–water partition coefficient (Wildman–Crippen LogP) is 1.58. The van der Waals surface area contributed by atoms with E-state index in [-0.39, 0.29) is 11.9 Å². The summed E-state index contributed by atoms with van der Waals surface area (Å²) in [5.74, 6) is 0.726. The summed E-state index contributed by atoms with van der Waals surface area (Å²) >= 11 is 0. The molecule has 0 aliphatic carbocycles. The fourth-order valence-corrected chi connectivity index (χ4v) is 2.83. The van der Waals surface area contributed by atoms with E-state index in [1.54, 1.807) is 4.68 Å². The fourth-order valence-electron chi connectivity index (χ4n) is 2.83. The van der Waals surface area contributed by atoms with Gasteiger partial charge in [-0.1, -0.05) is 0 Å². The highest BCUT2D eigenvalue weighted by Gasteiger charge is 2.25. The molecule has 2 rings (SSSR count). The number of rotatable bonds is 4. The van der Waals surface area contributed by atoms with Crippen molar-refractivity contribution in [3.8, 4) is 0 Å². The van der Waals surface area contributed by atoms with Gasteiger partial charge in [0.15, 0.2) is 0 Å². The first-order chi connectivity index (χ1) is 9.49. The van der Waals surface area contributed by atoms with E-state index >= 15 is 0 Å². The van der Waals surface area contributed by atoms with Crippen LogP contribution in [-0.4, -0.2) is 46.3 Å². The van der Waals surface area contributed by atoms with Crippen LogP contribution < -0.4 is 5.32 Å². The number of nitrogens with one attached hydrogen (secondary N) is 1. The topological polar surface area (TPSA) is 50.2 Å². The average molecular weight is 278 g/mol. The van der Waals surface area contributed by atoms with Gasteiger partial charge in [-0.25, -0.2) is 0 Å². The molecule has 5 heteroatoms. The third-order valence-corrected chi connectivity index (χ3v) is 4.04. The van der Waals surface area contributed by atoms with Crippen LogP contribution in [-0.2, 0) is 7.05 Å². The average Bonchev–Trinajstić information content (AvgIpc) is 2.75. The fraction of sp³-hybridized carbons (Fsp3) is 0.733. The number of nitrogens with zero attached hydrogens (tertiary/aromatic N) is 3. The number of aromatic nitrogens is 2. The summed E-state index contributed by atoms with van der Waals surface area (Å²) in [4.78, 5) is 14.8. The molecule has 20 heavy (non-hydrogen) atoms. The number of hydrogen-bond acceptors (Lipinski definition) is 3. The van der Waals surface area contributed by atoms with Gasteiger partial charge < -0.3 is 10.2 Å². The lowest BCUT2D eigenvalue weighted by Gasteiger charge is -2.32. The first-order valence-electron chi connectivity index (χ1n) is 7.51. The molecule has 0 bridgehead atoms. The van der Waals surface area contributed by atoms with Gasteiger partial charge in [0.2, 0.25) is 0 Å². The maximum absolute atomic E-state index is 12.8. The van der Waals surface area contributed by atoms with Gasteiger partial charge in [-0.05, 0) is 52.6 Å². The first-order valence-corrected chi connectivity index (χ1v) is 7.51. The van der Waals surface area contributed by atoms with Gasteiger partial charge in [-0.3, -0.25) is 9.48 Å². The minimum atomic E-state index is 0.115. The molecule has 1 saturated heterocycles. The number of piperidine rings is 1. The summed E-state index contributed by atoms with van der Waals surface area (Å²) in [7, 11) is 1.86. The minimum Gasteiger partial charge on any atom is -0.336 e. The zero-order valence-electron chi connectivity index (χ0n) is 13.0. The quantitative estimate of drug-likeness (QED) is 0.909. The van der Waals surface area contributed by atoms with E-state index in [2.05, 4.69) is 24.3 Å². The third kappa shape index (κ3) is 3.39. The molecule has 1 N–H and O–H groups in total. The van der Waals surface area contributed by atoms with Crippen molar-refractivity contribution in [3.05, 3.63) is 17.5 Å². The molecule has 0 atom stereocenters. The Morgan fingerprint density at radius 2 is 2.15 bits per heavy atom. The van der Waals surface area contributed by atoms with E-state index in [0.29, 0.717) is 5.92 Å². The van der Waals surface area contributed by atoms with Gasteiger partial charge in [0.05, 0.1) is 11.3 Å². The molecule has 1 aliphatic heterocycles. The first kappa shape index (κ1) is 15.0. The highest BCUT2D eigenvalue weighted by atomic mass is 16.2. The molecular weight excluding hydrogens is 252 g/mol. The highest BCUT2D eigenvalue weighted by Crippen LogP contribution is 2.18. The van der Waals surface area contributed by atoms with Gasteiger partial charge in [-0.15, -0.1) is 0 Å². The summed E-state index contributed by atoms with van der Waals surface area (Å²) in [5, 5.41) is 7.65. The van der Waals surface area contributed by atoms with Crippen molar-refractivity contribution >= 4 is 5.91 Å². The number of amides is 1. The van der Waals surface area contributed by atoms with Crippen molar-refractivity contribution in [1.82, 2.24) is 20.0 Å². The van der Waals surface area contributed by atoms with E-state index in [0.717, 1.165) is 43.7 Å². The molecule has 0 radical (unpaired) electrons. The number of carbonyl (C=O) groups excluding carboxylic acids is 1. The maximum atomic E-state index is 12.8. The normalized spacial score (nSPS) is 16.6. The Bertz CT molecular complexity index is 460. The zero-order valence-corrected chi connectivity index (χ0v) is 13.0. The van der Waals surface area contributed by atoms with Gasteiger partial charge in [0, 0.05) is 25.8 Å². The smallest absolute Gasteiger partial charge is 0.257 e. The third-order valence-electron chi connectivity index (χ3n) is 4.04. The Labute approximate surface area is 121 Å². The number of hydrogen-bond donors (Lipinski definition) is 1. The van der Waals surface area contributed by atoms with Crippen molar-refractivity contribution in [1.29, 1.82) is 0 Å². The molecular formula is C15H26N4O. The zero-order chi connectivity index (χ0) is 14.7. The highest BCUT2D eigenvalue weighted by molar-refractivity contribution is 5.95. The Morgan fingerprint density at radius 1 is 1.50 bits per heavy atom. The van der Waals surface area contributed by atoms with Crippen molar-refractivity contribution < 1.29 is 4.79 Å². The monoisotopic (exact) mass is 278 g/mol. The van der Waals surface area contributed by atoms with Crippen molar-refractivity contribution in [3.63, 3.8) is 0 Å². The molecule has 1 fully saturated rings. The molecule has 0 unspecified atom stereocenters. The number of aryl methyl sites for hydroxylation is 2. The minimum absolute atomic E-state index is 0.115. The summed E-state index contributed by atoms with van der Waals surface area (Å²) in [6.45, 7) is 9.06. The second kappa shape index (κ2) is 6.39. The molecule has 112 valence electrons. The van der Waals surface area contributed by atoms with E-state index in [1.165, 1.54) is 0 Å². The molecule has 5 nitrogen and oxygen atoms in total. The maximum Gasteiger partial charge on any atom is 0.257 e. The van der Waals surface area contributed by atoms with Crippen molar-refractivity contribution in [2.24, 2.45) is 13.0 Å². The Balaban J connectivity index is 2.11. The van der Waals surface area contributed by atoms with Crippen LogP contribution >= 0.6 is 0 Å². The van der Waals surface area contributed by atoms with Gasteiger partial charge in [-0.2, -0.15) is 5.10 Å². The Morgan fingerprint density at radius 3 is 2.65 bits per heavy atom. The van der Waals surface area contributed by atoms with Crippen LogP contribution in [0, 0.1) is 12.8 Å². The van der Waals surface area contributed by atoms with Crippen LogP contribution in [0.4, 0.5) is 0 Å². The predicted molar refractivity (Wildman–Crippen MR) is 79.7 cm³/mol. The van der Waals surface area contributed by atoms with Crippen LogP contribution in [0.15, 0.2) is 6.20 Å².